The molecular weight excluding hydrogens is 246 g/mol. The Morgan fingerprint density at radius 2 is 2.25 bits per heavy atom. The van der Waals surface area contributed by atoms with Gasteiger partial charge in [0.2, 0.25) is 0 Å². The van der Waals surface area contributed by atoms with Gasteiger partial charge in [-0.2, -0.15) is 0 Å². The summed E-state index contributed by atoms with van der Waals surface area (Å²) in [5.41, 5.74) is 0. The highest BCUT2D eigenvalue weighted by Crippen LogP contribution is 2.26. The molecule has 0 N–H and O–H groups in total. The number of carbonyl (C=O) groups is 2. The van der Waals surface area contributed by atoms with E-state index in [0.717, 1.165) is 5.75 Å². The van der Waals surface area contributed by atoms with Crippen molar-refractivity contribution in [3.8, 4) is 0 Å². The second kappa shape index (κ2) is 6.39. The van der Waals surface area contributed by atoms with E-state index >= 15 is 0 Å². The van der Waals surface area contributed by atoms with Crippen LogP contribution in [0.5, 0.6) is 0 Å². The van der Waals surface area contributed by atoms with Crippen LogP contribution in [0.3, 0.4) is 0 Å². The number of thioether (sulfide) groups is 2. The van der Waals surface area contributed by atoms with E-state index < -0.39 is 6.04 Å². The van der Waals surface area contributed by atoms with Crippen molar-refractivity contribution >= 4 is 34.7 Å². The van der Waals surface area contributed by atoms with Crippen molar-refractivity contribution in [2.24, 2.45) is 5.92 Å². The van der Waals surface area contributed by atoms with E-state index in [-0.39, 0.29) is 11.2 Å². The maximum Gasteiger partial charge on any atom is 0.329 e. The van der Waals surface area contributed by atoms with E-state index in [1.807, 2.05) is 0 Å². The van der Waals surface area contributed by atoms with Crippen LogP contribution in [0, 0.1) is 5.92 Å². The molecule has 1 amide bonds. The number of hydrogen-bond donors (Lipinski definition) is 0. The van der Waals surface area contributed by atoms with Crippen LogP contribution in [-0.2, 0) is 9.53 Å². The smallest absolute Gasteiger partial charge is 0.329 e. The van der Waals surface area contributed by atoms with Gasteiger partial charge in [-0.15, -0.1) is 11.8 Å². The minimum atomic E-state index is -0.401. The third-order valence-corrected chi connectivity index (χ3v) is 4.46. The van der Waals surface area contributed by atoms with Crippen molar-refractivity contribution in [2.75, 3.05) is 24.5 Å². The van der Waals surface area contributed by atoms with Crippen LogP contribution in [0.25, 0.3) is 0 Å². The largest absolute Gasteiger partial charge is 0.467 e. The van der Waals surface area contributed by atoms with Gasteiger partial charge in [0.1, 0.15) is 6.04 Å². The van der Waals surface area contributed by atoms with Gasteiger partial charge in [-0.25, -0.2) is 4.79 Å². The van der Waals surface area contributed by atoms with Crippen LogP contribution in [0.2, 0.25) is 0 Å². The number of nitrogens with zero attached hydrogens (tertiary/aromatic N) is 1. The number of hydrogen-bond acceptors (Lipinski definition) is 5. The van der Waals surface area contributed by atoms with Gasteiger partial charge < -0.3 is 9.64 Å². The van der Waals surface area contributed by atoms with Crippen molar-refractivity contribution in [2.45, 2.75) is 19.9 Å². The number of esters is 1. The first-order chi connectivity index (χ1) is 7.56. The van der Waals surface area contributed by atoms with E-state index in [2.05, 4.69) is 18.6 Å². The molecule has 0 aliphatic carbocycles. The standard InChI is InChI=1S/C10H17NO3S2/c1-7(2)4-16-10(13)11-6-15-5-8(11)9(12)14-3/h7-8H,4-6H2,1-3H3/t8-/m0/s1. The van der Waals surface area contributed by atoms with E-state index in [0.29, 0.717) is 17.5 Å². The molecule has 0 spiro atoms. The highest BCUT2D eigenvalue weighted by molar-refractivity contribution is 8.13. The molecule has 1 fully saturated rings. The molecule has 0 unspecified atom stereocenters. The van der Waals surface area contributed by atoms with Crippen LogP contribution in [0.4, 0.5) is 4.79 Å². The van der Waals surface area contributed by atoms with Crippen LogP contribution in [0.1, 0.15) is 13.8 Å². The number of rotatable bonds is 3. The predicted octanol–water partition coefficient (Wildman–Crippen LogP) is 2.04. The quantitative estimate of drug-likeness (QED) is 0.729. The molecule has 0 aromatic rings. The normalized spacial score (nSPS) is 20.2. The van der Waals surface area contributed by atoms with Gasteiger partial charge in [-0.05, 0) is 5.92 Å². The average Bonchev–Trinajstić information content (AvgIpc) is 2.73. The zero-order valence-corrected chi connectivity index (χ0v) is 11.4. The monoisotopic (exact) mass is 263 g/mol. The Morgan fingerprint density at radius 3 is 2.81 bits per heavy atom. The van der Waals surface area contributed by atoms with Gasteiger partial charge >= 0.3 is 5.97 Å². The Bertz CT molecular complexity index is 271. The minimum absolute atomic E-state index is 0.0194. The van der Waals surface area contributed by atoms with Gasteiger partial charge in [0.05, 0.1) is 13.0 Å². The van der Waals surface area contributed by atoms with Gasteiger partial charge in [-0.1, -0.05) is 25.6 Å². The van der Waals surface area contributed by atoms with Crippen molar-refractivity contribution < 1.29 is 14.3 Å². The fraction of sp³-hybridized carbons (Fsp3) is 0.800. The fourth-order valence-corrected chi connectivity index (χ4v) is 3.33. The summed E-state index contributed by atoms with van der Waals surface area (Å²) in [4.78, 5) is 24.9. The topological polar surface area (TPSA) is 46.6 Å². The molecule has 0 aromatic heterocycles. The molecule has 1 heterocycles. The summed E-state index contributed by atoms with van der Waals surface area (Å²) in [5, 5.41) is -0.0194. The maximum absolute atomic E-state index is 11.8. The first-order valence-corrected chi connectivity index (χ1v) is 7.29. The second-order valence-electron chi connectivity index (χ2n) is 3.98. The fourth-order valence-electron chi connectivity index (χ4n) is 1.27. The zero-order valence-electron chi connectivity index (χ0n) is 9.76. The van der Waals surface area contributed by atoms with Gasteiger partial charge in [0, 0.05) is 11.5 Å². The molecule has 16 heavy (non-hydrogen) atoms. The van der Waals surface area contributed by atoms with E-state index in [9.17, 15) is 9.59 Å². The summed E-state index contributed by atoms with van der Waals surface area (Å²) in [6, 6.07) is -0.401. The Morgan fingerprint density at radius 1 is 1.56 bits per heavy atom. The third-order valence-electron chi connectivity index (χ3n) is 2.13. The number of amides is 1. The summed E-state index contributed by atoms with van der Waals surface area (Å²) in [6.07, 6.45) is 0. The lowest BCUT2D eigenvalue weighted by Crippen LogP contribution is -2.40. The highest BCUT2D eigenvalue weighted by Gasteiger charge is 2.35. The summed E-state index contributed by atoms with van der Waals surface area (Å²) >= 11 is 2.87. The van der Waals surface area contributed by atoms with Crippen molar-refractivity contribution in [1.82, 2.24) is 4.90 Å². The van der Waals surface area contributed by atoms with Crippen LogP contribution in [0.15, 0.2) is 0 Å². The molecular formula is C10H17NO3S2. The SMILES string of the molecule is COC(=O)[C@@H]1CSCN1C(=O)SCC(C)C. The summed E-state index contributed by atoms with van der Waals surface area (Å²) < 4.78 is 4.68. The molecule has 6 heteroatoms. The lowest BCUT2D eigenvalue weighted by atomic mass is 10.3. The Labute approximate surface area is 104 Å². The highest BCUT2D eigenvalue weighted by atomic mass is 32.2. The lowest BCUT2D eigenvalue weighted by Gasteiger charge is -2.21. The number of ether oxygens (including phenoxy) is 1. The van der Waals surface area contributed by atoms with Crippen molar-refractivity contribution in [1.29, 1.82) is 0 Å². The Hall–Kier alpha value is -0.360. The molecule has 0 radical (unpaired) electrons. The van der Waals surface area contributed by atoms with Crippen LogP contribution >= 0.6 is 23.5 Å². The molecule has 0 bridgehead atoms. The molecule has 1 saturated heterocycles. The van der Waals surface area contributed by atoms with Crippen molar-refractivity contribution in [3.05, 3.63) is 0 Å². The maximum atomic E-state index is 11.8. The minimum Gasteiger partial charge on any atom is -0.467 e. The molecule has 92 valence electrons. The van der Waals surface area contributed by atoms with Gasteiger partial charge in [0.15, 0.2) is 0 Å². The number of methoxy groups -OCH3 is 1. The molecule has 1 atom stereocenters. The first-order valence-electron chi connectivity index (χ1n) is 5.15. The molecule has 0 aromatic carbocycles. The van der Waals surface area contributed by atoms with Gasteiger partial charge in [-0.3, -0.25) is 4.79 Å². The van der Waals surface area contributed by atoms with E-state index in [1.165, 1.54) is 18.9 Å². The number of carbonyl (C=O) groups excluding carboxylic acids is 2. The summed E-state index contributed by atoms with van der Waals surface area (Å²) in [5.74, 6) is 2.17. The first kappa shape index (κ1) is 13.7. The Balaban J connectivity index is 2.51. The molecule has 1 aliphatic heterocycles. The molecule has 0 saturated carbocycles. The Kier molecular flexibility index (Phi) is 5.48. The van der Waals surface area contributed by atoms with Gasteiger partial charge in [0.25, 0.3) is 5.24 Å². The zero-order chi connectivity index (χ0) is 12.1. The molecule has 1 aliphatic rings. The van der Waals surface area contributed by atoms with E-state index in [1.54, 1.807) is 16.7 Å². The average molecular weight is 263 g/mol. The summed E-state index contributed by atoms with van der Waals surface area (Å²) in [7, 11) is 1.36. The predicted molar refractivity (Wildman–Crippen MR) is 67.7 cm³/mol. The molecule has 1 rings (SSSR count). The van der Waals surface area contributed by atoms with Crippen LogP contribution < -0.4 is 0 Å². The lowest BCUT2D eigenvalue weighted by molar-refractivity contribution is -0.144. The molecule has 4 nitrogen and oxygen atoms in total. The van der Waals surface area contributed by atoms with Crippen molar-refractivity contribution in [3.63, 3.8) is 0 Å². The van der Waals surface area contributed by atoms with E-state index in [4.69, 9.17) is 0 Å². The van der Waals surface area contributed by atoms with Crippen LogP contribution in [-0.4, -0.2) is 46.6 Å². The second-order valence-corrected chi connectivity index (χ2v) is 5.95. The summed E-state index contributed by atoms with van der Waals surface area (Å²) in [6.45, 7) is 4.13. The third kappa shape index (κ3) is 3.59.